The largest absolute Gasteiger partial charge is 0.497 e. The number of rotatable bonds is 8. The van der Waals surface area contributed by atoms with Crippen LogP contribution in [0, 0.1) is 0 Å². The van der Waals surface area contributed by atoms with E-state index < -0.39 is 15.9 Å². The maximum Gasteiger partial charge on any atom is 0.262 e. The van der Waals surface area contributed by atoms with Crippen LogP contribution in [0.15, 0.2) is 77.7 Å². The summed E-state index contributed by atoms with van der Waals surface area (Å²) < 4.78 is 38.2. The van der Waals surface area contributed by atoms with Crippen molar-refractivity contribution in [2.24, 2.45) is 0 Å². The molecule has 0 bridgehead atoms. The zero-order valence-corrected chi connectivity index (χ0v) is 17.5. The summed E-state index contributed by atoms with van der Waals surface area (Å²) in [6.45, 7) is -0.233. The summed E-state index contributed by atoms with van der Waals surface area (Å²) in [6.07, 6.45) is 0. The van der Waals surface area contributed by atoms with Gasteiger partial charge in [-0.3, -0.25) is 9.52 Å². The number of nitrogens with one attached hydrogen (secondary N) is 2. The fourth-order valence-electron chi connectivity index (χ4n) is 2.49. The van der Waals surface area contributed by atoms with Crippen molar-refractivity contribution < 1.29 is 22.7 Å². The standard InChI is InChI=1S/C21H19ClN2O5S/c1-28-18-11-7-16(8-12-18)24-30(26,27)20-4-2-3-17(13-20)23-21(25)14-29-19-9-5-15(22)6-10-19/h2-13,24H,14H2,1H3,(H,23,25). The molecule has 30 heavy (non-hydrogen) atoms. The Kier molecular flexibility index (Phi) is 6.81. The minimum Gasteiger partial charge on any atom is -0.497 e. The van der Waals surface area contributed by atoms with Crippen LogP contribution < -0.4 is 19.5 Å². The number of benzene rings is 3. The van der Waals surface area contributed by atoms with E-state index in [1.165, 1.54) is 25.3 Å². The van der Waals surface area contributed by atoms with Gasteiger partial charge in [-0.2, -0.15) is 0 Å². The first-order chi connectivity index (χ1) is 14.4. The Morgan fingerprint density at radius 2 is 1.60 bits per heavy atom. The Morgan fingerprint density at radius 1 is 0.933 bits per heavy atom. The number of carbonyl (C=O) groups is 1. The highest BCUT2D eigenvalue weighted by Gasteiger charge is 2.15. The maximum absolute atomic E-state index is 12.6. The predicted octanol–water partition coefficient (Wildman–Crippen LogP) is 4.17. The third kappa shape index (κ3) is 5.88. The molecule has 0 fully saturated rings. The molecule has 0 saturated heterocycles. The summed E-state index contributed by atoms with van der Waals surface area (Å²) in [4.78, 5) is 12.1. The van der Waals surface area contributed by atoms with Crippen LogP contribution in [-0.4, -0.2) is 28.0 Å². The molecule has 0 radical (unpaired) electrons. The first-order valence-electron chi connectivity index (χ1n) is 8.81. The van der Waals surface area contributed by atoms with E-state index in [9.17, 15) is 13.2 Å². The van der Waals surface area contributed by atoms with E-state index in [1.807, 2.05) is 0 Å². The average Bonchev–Trinajstić information content (AvgIpc) is 2.74. The SMILES string of the molecule is COc1ccc(NS(=O)(=O)c2cccc(NC(=O)COc3ccc(Cl)cc3)c2)cc1. The number of methoxy groups -OCH3 is 1. The number of amides is 1. The molecule has 3 rings (SSSR count). The van der Waals surface area contributed by atoms with E-state index in [1.54, 1.807) is 54.6 Å². The van der Waals surface area contributed by atoms with Crippen LogP contribution in [0.5, 0.6) is 11.5 Å². The summed E-state index contributed by atoms with van der Waals surface area (Å²) in [6, 6.07) is 19.0. The Balaban J connectivity index is 1.63. The summed E-state index contributed by atoms with van der Waals surface area (Å²) in [5.74, 6) is 0.681. The minimum absolute atomic E-state index is 0.00902. The van der Waals surface area contributed by atoms with Crippen molar-refractivity contribution >= 4 is 38.9 Å². The summed E-state index contributed by atoms with van der Waals surface area (Å²) in [5.41, 5.74) is 0.721. The van der Waals surface area contributed by atoms with Crippen molar-refractivity contribution in [3.63, 3.8) is 0 Å². The fourth-order valence-corrected chi connectivity index (χ4v) is 3.72. The molecule has 0 saturated carbocycles. The second kappa shape index (κ2) is 9.51. The van der Waals surface area contributed by atoms with Crippen LogP contribution in [0.25, 0.3) is 0 Å². The van der Waals surface area contributed by atoms with Crippen molar-refractivity contribution in [3.05, 3.63) is 77.8 Å². The zero-order chi connectivity index (χ0) is 21.6. The normalized spacial score (nSPS) is 10.9. The molecule has 0 spiro atoms. The highest BCUT2D eigenvalue weighted by Crippen LogP contribution is 2.21. The molecule has 0 aliphatic heterocycles. The summed E-state index contributed by atoms with van der Waals surface area (Å²) in [5, 5.41) is 3.18. The lowest BCUT2D eigenvalue weighted by atomic mass is 10.3. The van der Waals surface area contributed by atoms with Crippen LogP contribution in [0.3, 0.4) is 0 Å². The average molecular weight is 447 g/mol. The van der Waals surface area contributed by atoms with Crippen LogP contribution in [0.4, 0.5) is 11.4 Å². The Labute approximate surface area is 179 Å². The zero-order valence-electron chi connectivity index (χ0n) is 16.0. The van der Waals surface area contributed by atoms with E-state index in [-0.39, 0.29) is 11.5 Å². The monoisotopic (exact) mass is 446 g/mol. The van der Waals surface area contributed by atoms with E-state index in [0.717, 1.165) is 0 Å². The van der Waals surface area contributed by atoms with Crippen LogP contribution >= 0.6 is 11.6 Å². The lowest BCUT2D eigenvalue weighted by Gasteiger charge is -2.11. The first kappa shape index (κ1) is 21.5. The molecule has 1 amide bonds. The third-order valence-corrected chi connectivity index (χ3v) is 5.58. The molecule has 0 aliphatic rings. The van der Waals surface area contributed by atoms with Gasteiger partial charge >= 0.3 is 0 Å². The van der Waals surface area contributed by atoms with Gasteiger partial charge in [0.2, 0.25) is 0 Å². The van der Waals surface area contributed by atoms with Gasteiger partial charge in [-0.15, -0.1) is 0 Å². The lowest BCUT2D eigenvalue weighted by Crippen LogP contribution is -2.20. The van der Waals surface area contributed by atoms with Gasteiger partial charge < -0.3 is 14.8 Å². The number of halogens is 1. The lowest BCUT2D eigenvalue weighted by molar-refractivity contribution is -0.118. The highest BCUT2D eigenvalue weighted by atomic mass is 35.5. The van der Waals surface area contributed by atoms with E-state index >= 15 is 0 Å². The molecule has 3 aromatic carbocycles. The minimum atomic E-state index is -3.84. The molecule has 0 aliphatic carbocycles. The highest BCUT2D eigenvalue weighted by molar-refractivity contribution is 7.92. The summed E-state index contributed by atoms with van der Waals surface area (Å²) >= 11 is 5.80. The number of carbonyl (C=O) groups excluding carboxylic acids is 1. The van der Waals surface area contributed by atoms with Crippen molar-refractivity contribution in [1.82, 2.24) is 0 Å². The quantitative estimate of drug-likeness (QED) is 0.541. The van der Waals surface area contributed by atoms with Crippen LogP contribution in [0.2, 0.25) is 5.02 Å². The Bertz CT molecular complexity index is 1120. The first-order valence-corrected chi connectivity index (χ1v) is 10.7. The number of anilines is 2. The van der Waals surface area contributed by atoms with Crippen LogP contribution in [0.1, 0.15) is 0 Å². The molecular formula is C21H19ClN2O5S. The molecule has 7 nitrogen and oxygen atoms in total. The van der Waals surface area contributed by atoms with Gasteiger partial charge in [0, 0.05) is 16.4 Å². The third-order valence-electron chi connectivity index (χ3n) is 3.95. The summed E-state index contributed by atoms with van der Waals surface area (Å²) in [7, 11) is -2.31. The van der Waals surface area contributed by atoms with Gasteiger partial charge in [0.25, 0.3) is 15.9 Å². The molecule has 3 aromatic rings. The maximum atomic E-state index is 12.6. The predicted molar refractivity (Wildman–Crippen MR) is 116 cm³/mol. The van der Waals surface area contributed by atoms with E-state index in [0.29, 0.717) is 27.9 Å². The molecular weight excluding hydrogens is 428 g/mol. The van der Waals surface area contributed by atoms with Gasteiger partial charge in [-0.25, -0.2) is 8.42 Å². The van der Waals surface area contributed by atoms with Crippen LogP contribution in [-0.2, 0) is 14.8 Å². The van der Waals surface area contributed by atoms with Gasteiger partial charge in [0.05, 0.1) is 12.0 Å². The van der Waals surface area contributed by atoms with E-state index in [4.69, 9.17) is 21.1 Å². The van der Waals surface area contributed by atoms with Gasteiger partial charge in [-0.1, -0.05) is 17.7 Å². The Morgan fingerprint density at radius 3 is 2.27 bits per heavy atom. The molecule has 2 N–H and O–H groups in total. The van der Waals surface area contributed by atoms with Crippen molar-refractivity contribution in [3.8, 4) is 11.5 Å². The topological polar surface area (TPSA) is 93.7 Å². The number of hydrogen-bond acceptors (Lipinski definition) is 5. The number of hydrogen-bond donors (Lipinski definition) is 2. The number of sulfonamides is 1. The molecule has 156 valence electrons. The van der Waals surface area contributed by atoms with Crippen molar-refractivity contribution in [2.75, 3.05) is 23.8 Å². The molecule has 0 aromatic heterocycles. The van der Waals surface area contributed by atoms with E-state index in [2.05, 4.69) is 10.0 Å². The Hall–Kier alpha value is -3.23. The smallest absolute Gasteiger partial charge is 0.262 e. The number of ether oxygens (including phenoxy) is 2. The molecule has 0 atom stereocenters. The van der Waals surface area contributed by atoms with Crippen molar-refractivity contribution in [1.29, 1.82) is 0 Å². The van der Waals surface area contributed by atoms with Gasteiger partial charge in [0.15, 0.2) is 6.61 Å². The fraction of sp³-hybridized carbons (Fsp3) is 0.0952. The second-order valence-corrected chi connectivity index (χ2v) is 8.27. The second-order valence-electron chi connectivity index (χ2n) is 6.15. The molecule has 0 heterocycles. The van der Waals surface area contributed by atoms with Gasteiger partial charge in [0.1, 0.15) is 11.5 Å². The molecule has 9 heteroatoms. The van der Waals surface area contributed by atoms with Gasteiger partial charge in [-0.05, 0) is 66.7 Å². The molecule has 0 unspecified atom stereocenters. The van der Waals surface area contributed by atoms with Crippen molar-refractivity contribution in [2.45, 2.75) is 4.90 Å².